The second kappa shape index (κ2) is 10.2. The van der Waals surface area contributed by atoms with Crippen LogP contribution in [-0.4, -0.2) is 30.0 Å². The largest absolute Gasteiger partial charge is 0.456 e. The van der Waals surface area contributed by atoms with Gasteiger partial charge in [0.2, 0.25) is 0 Å². The molecule has 3 aromatic rings. The van der Waals surface area contributed by atoms with E-state index in [1.54, 1.807) is 29.5 Å². The summed E-state index contributed by atoms with van der Waals surface area (Å²) in [5, 5.41) is 10.3. The van der Waals surface area contributed by atoms with Crippen LogP contribution in [0.2, 0.25) is 5.02 Å². The number of halogens is 1. The number of rotatable bonds is 8. The van der Waals surface area contributed by atoms with Gasteiger partial charge in [-0.25, -0.2) is 4.98 Å². The number of nitrogens with zero attached hydrogens (tertiary/aromatic N) is 3. The van der Waals surface area contributed by atoms with Crippen molar-refractivity contribution in [3.05, 3.63) is 58.1 Å². The molecule has 1 amide bonds. The molecule has 3 rings (SSSR count). The molecule has 0 aliphatic heterocycles. The number of thiazole rings is 1. The van der Waals surface area contributed by atoms with Gasteiger partial charge in [-0.1, -0.05) is 23.7 Å². The summed E-state index contributed by atoms with van der Waals surface area (Å²) in [5.74, 6) is -0.851. The molecule has 0 bridgehead atoms. The molecule has 0 unspecified atom stereocenters. The topological polar surface area (TPSA) is 83.3 Å². The Morgan fingerprint density at radius 3 is 2.80 bits per heavy atom. The minimum absolute atomic E-state index is 0.144. The fourth-order valence-electron chi connectivity index (χ4n) is 2.88. The third-order valence-corrected chi connectivity index (χ3v) is 5.96. The third kappa shape index (κ3) is 5.56. The standard InChI is InChI=1S/C22H20ClN3O3S/c1-15-13-16(7-8-17(15)23)26(12-4-11-24)21(27)14-29-22(28)10-9-20-25-18-5-2-3-6-19(18)30-20/h2-3,5-8,13H,4,9-10,12,14H2,1H3. The Morgan fingerprint density at radius 1 is 1.27 bits per heavy atom. The number of ether oxygens (including phenoxy) is 1. The lowest BCUT2D eigenvalue weighted by atomic mass is 10.2. The number of benzene rings is 2. The number of amides is 1. The van der Waals surface area contributed by atoms with E-state index < -0.39 is 5.97 Å². The Labute approximate surface area is 183 Å². The van der Waals surface area contributed by atoms with E-state index >= 15 is 0 Å². The zero-order valence-electron chi connectivity index (χ0n) is 16.4. The smallest absolute Gasteiger partial charge is 0.306 e. The van der Waals surface area contributed by atoms with Crippen LogP contribution in [0.15, 0.2) is 42.5 Å². The van der Waals surface area contributed by atoms with Crippen LogP contribution in [0.25, 0.3) is 10.2 Å². The van der Waals surface area contributed by atoms with Crippen LogP contribution >= 0.6 is 22.9 Å². The minimum atomic E-state index is -0.463. The van der Waals surface area contributed by atoms with E-state index in [-0.39, 0.29) is 31.9 Å². The molecule has 0 N–H and O–H groups in total. The van der Waals surface area contributed by atoms with Gasteiger partial charge in [0.15, 0.2) is 6.61 Å². The molecule has 0 saturated carbocycles. The molecule has 30 heavy (non-hydrogen) atoms. The van der Waals surface area contributed by atoms with Gasteiger partial charge in [0, 0.05) is 23.7 Å². The number of aryl methyl sites for hydroxylation is 2. The molecule has 0 radical (unpaired) electrons. The van der Waals surface area contributed by atoms with Gasteiger partial charge in [0.1, 0.15) is 0 Å². The van der Waals surface area contributed by atoms with Crippen molar-refractivity contribution >= 4 is 50.7 Å². The highest BCUT2D eigenvalue weighted by Crippen LogP contribution is 2.24. The van der Waals surface area contributed by atoms with E-state index in [9.17, 15) is 9.59 Å². The van der Waals surface area contributed by atoms with Crippen LogP contribution in [0.4, 0.5) is 5.69 Å². The third-order valence-electron chi connectivity index (χ3n) is 4.44. The van der Waals surface area contributed by atoms with E-state index in [0.717, 1.165) is 20.8 Å². The van der Waals surface area contributed by atoms with Gasteiger partial charge < -0.3 is 9.64 Å². The summed E-state index contributed by atoms with van der Waals surface area (Å²) in [6, 6.07) is 15.0. The first-order valence-electron chi connectivity index (χ1n) is 9.41. The summed E-state index contributed by atoms with van der Waals surface area (Å²) in [6.07, 6.45) is 0.769. The van der Waals surface area contributed by atoms with Gasteiger partial charge in [-0.05, 0) is 42.8 Å². The number of fused-ring (bicyclic) bond motifs is 1. The van der Waals surface area contributed by atoms with Crippen LogP contribution in [-0.2, 0) is 20.7 Å². The van der Waals surface area contributed by atoms with Crippen LogP contribution in [0.3, 0.4) is 0 Å². The lowest BCUT2D eigenvalue weighted by Gasteiger charge is -2.22. The Balaban J connectivity index is 1.56. The minimum Gasteiger partial charge on any atom is -0.456 e. The van der Waals surface area contributed by atoms with Crippen molar-refractivity contribution in [3.63, 3.8) is 0 Å². The van der Waals surface area contributed by atoms with Crippen LogP contribution < -0.4 is 4.90 Å². The molecule has 0 aliphatic rings. The summed E-state index contributed by atoms with van der Waals surface area (Å²) in [4.78, 5) is 30.7. The van der Waals surface area contributed by atoms with Crippen molar-refractivity contribution in [1.29, 1.82) is 5.26 Å². The highest BCUT2D eigenvalue weighted by molar-refractivity contribution is 7.18. The fraction of sp³-hybridized carbons (Fsp3) is 0.273. The fourth-order valence-corrected chi connectivity index (χ4v) is 3.97. The monoisotopic (exact) mass is 441 g/mol. The molecule has 0 atom stereocenters. The normalized spacial score (nSPS) is 10.6. The highest BCUT2D eigenvalue weighted by Gasteiger charge is 2.18. The molecular weight excluding hydrogens is 422 g/mol. The number of aromatic nitrogens is 1. The molecule has 6 nitrogen and oxygen atoms in total. The molecule has 2 aromatic carbocycles. The summed E-state index contributed by atoms with van der Waals surface area (Å²) >= 11 is 7.60. The van der Waals surface area contributed by atoms with Crippen molar-refractivity contribution in [2.45, 2.75) is 26.2 Å². The zero-order chi connectivity index (χ0) is 21.5. The Kier molecular flexibility index (Phi) is 7.39. The average Bonchev–Trinajstić information content (AvgIpc) is 3.16. The molecule has 0 fully saturated rings. The first-order valence-corrected chi connectivity index (χ1v) is 10.6. The summed E-state index contributed by atoms with van der Waals surface area (Å²) in [7, 11) is 0. The number of nitriles is 1. The molecular formula is C22H20ClN3O3S. The van der Waals surface area contributed by atoms with Gasteiger partial charge in [0.25, 0.3) is 5.91 Å². The predicted molar refractivity (Wildman–Crippen MR) is 118 cm³/mol. The second-order valence-corrected chi connectivity index (χ2v) is 8.15. The molecule has 0 aliphatic carbocycles. The average molecular weight is 442 g/mol. The number of hydrogen-bond donors (Lipinski definition) is 0. The molecule has 1 aromatic heterocycles. The van der Waals surface area contributed by atoms with Gasteiger partial charge >= 0.3 is 5.97 Å². The summed E-state index contributed by atoms with van der Waals surface area (Å²) < 4.78 is 6.25. The maximum atomic E-state index is 12.6. The molecule has 8 heteroatoms. The molecule has 0 spiro atoms. The van der Waals surface area contributed by atoms with E-state index in [2.05, 4.69) is 4.98 Å². The first kappa shape index (κ1) is 21.8. The van der Waals surface area contributed by atoms with E-state index in [0.29, 0.717) is 17.1 Å². The SMILES string of the molecule is Cc1cc(N(CCC#N)C(=O)COC(=O)CCc2nc3ccccc3s2)ccc1Cl. The van der Waals surface area contributed by atoms with Crippen molar-refractivity contribution < 1.29 is 14.3 Å². The van der Waals surface area contributed by atoms with Crippen molar-refractivity contribution in [1.82, 2.24) is 4.98 Å². The van der Waals surface area contributed by atoms with Gasteiger partial charge in [-0.15, -0.1) is 11.3 Å². The quantitative estimate of drug-likeness (QED) is 0.474. The summed E-state index contributed by atoms with van der Waals surface area (Å²) in [5.41, 5.74) is 2.34. The number of para-hydroxylation sites is 1. The van der Waals surface area contributed by atoms with Crippen molar-refractivity contribution in [2.24, 2.45) is 0 Å². The number of anilines is 1. The van der Waals surface area contributed by atoms with E-state index in [1.807, 2.05) is 37.3 Å². The maximum absolute atomic E-state index is 12.6. The zero-order valence-corrected chi connectivity index (χ0v) is 18.0. The lowest BCUT2D eigenvalue weighted by molar-refractivity contribution is -0.147. The Morgan fingerprint density at radius 2 is 2.07 bits per heavy atom. The number of esters is 1. The lowest BCUT2D eigenvalue weighted by Crippen LogP contribution is -2.35. The maximum Gasteiger partial charge on any atom is 0.306 e. The molecule has 1 heterocycles. The Hall–Kier alpha value is -2.95. The second-order valence-electron chi connectivity index (χ2n) is 6.62. The highest BCUT2D eigenvalue weighted by atomic mass is 35.5. The van der Waals surface area contributed by atoms with E-state index in [4.69, 9.17) is 21.6 Å². The number of carbonyl (C=O) groups excluding carboxylic acids is 2. The van der Waals surface area contributed by atoms with Crippen LogP contribution in [0, 0.1) is 18.3 Å². The van der Waals surface area contributed by atoms with Crippen molar-refractivity contribution in [2.75, 3.05) is 18.1 Å². The van der Waals surface area contributed by atoms with Crippen molar-refractivity contribution in [3.8, 4) is 6.07 Å². The summed E-state index contributed by atoms with van der Waals surface area (Å²) in [6.45, 7) is 1.66. The van der Waals surface area contributed by atoms with Gasteiger partial charge in [-0.2, -0.15) is 5.26 Å². The number of carbonyl (C=O) groups is 2. The predicted octanol–water partition coefficient (Wildman–Crippen LogP) is 4.68. The van der Waals surface area contributed by atoms with Gasteiger partial charge in [-0.3, -0.25) is 9.59 Å². The Bertz CT molecular complexity index is 1070. The van der Waals surface area contributed by atoms with Gasteiger partial charge in [0.05, 0.1) is 34.1 Å². The molecule has 0 saturated heterocycles. The van der Waals surface area contributed by atoms with Crippen LogP contribution in [0.1, 0.15) is 23.4 Å². The van der Waals surface area contributed by atoms with E-state index in [1.165, 1.54) is 4.90 Å². The van der Waals surface area contributed by atoms with Crippen LogP contribution in [0.5, 0.6) is 0 Å². The molecule has 154 valence electrons. The first-order chi connectivity index (χ1) is 14.5. The number of hydrogen-bond acceptors (Lipinski definition) is 6.